The van der Waals surface area contributed by atoms with E-state index in [0.29, 0.717) is 63.2 Å². The molecule has 5 N–H and O–H groups in total. The van der Waals surface area contributed by atoms with E-state index in [1.165, 1.54) is 4.57 Å². The highest BCUT2D eigenvalue weighted by Gasteiger charge is 2.53. The van der Waals surface area contributed by atoms with Gasteiger partial charge in [0, 0.05) is 139 Å². The minimum atomic E-state index is -1.88. The van der Waals surface area contributed by atoms with Crippen LogP contribution in [0.5, 0.6) is 0 Å². The largest absolute Gasteiger partial charge is 0.494 e. The summed E-state index contributed by atoms with van der Waals surface area (Å²) in [5.41, 5.74) is 19.8. The number of nitrogens with two attached hydrogens (primary N) is 1. The summed E-state index contributed by atoms with van der Waals surface area (Å²) >= 11 is 3.26. The number of hydrogen-bond acceptors (Lipinski definition) is 20. The van der Waals surface area contributed by atoms with Crippen LogP contribution in [0.25, 0.3) is 65.8 Å². The number of aliphatic hydroxyl groups is 1. The highest BCUT2D eigenvalue weighted by molar-refractivity contribution is 9.10. The first-order chi connectivity index (χ1) is 61.6. The Labute approximate surface area is 789 Å². The van der Waals surface area contributed by atoms with Crippen molar-refractivity contribution < 1.29 is 60.5 Å². The summed E-state index contributed by atoms with van der Waals surface area (Å²) in [7, 11) is -2.76. The zero-order valence-electron chi connectivity index (χ0n) is 83.5. The van der Waals surface area contributed by atoms with Gasteiger partial charge in [0.25, 0.3) is 0 Å². The lowest BCUT2D eigenvalue weighted by molar-refractivity contribution is 0.00578. The first-order valence-electron chi connectivity index (χ1n) is 46.1. The summed E-state index contributed by atoms with van der Waals surface area (Å²) in [6.45, 7) is 67.3. The number of amides is 1. The number of nitrogens with zero attached hydrogens (tertiary/aromatic N) is 4. The number of halogens is 1. The number of hydrogen-bond donors (Lipinski definition) is 4. The number of aromatic amines is 1. The number of fused-ring (bicyclic) bond motifs is 5. The predicted octanol–water partition coefficient (Wildman–Crippen LogP) is 22.8. The van der Waals surface area contributed by atoms with E-state index in [1.54, 1.807) is 6.20 Å². The van der Waals surface area contributed by atoms with E-state index in [0.717, 1.165) is 144 Å². The number of anilines is 5. The summed E-state index contributed by atoms with van der Waals surface area (Å²) in [6.07, 6.45) is 3.91. The molecule has 0 atom stereocenters. The van der Waals surface area contributed by atoms with Crippen molar-refractivity contribution in [1.82, 2.24) is 9.55 Å². The molecule has 2 saturated heterocycles. The van der Waals surface area contributed by atoms with E-state index >= 15 is 0 Å². The second-order valence-corrected chi connectivity index (χ2v) is 45.6. The monoisotopic (exact) mass is 1880 g/mol. The van der Waals surface area contributed by atoms with Gasteiger partial charge < -0.3 is 76.3 Å². The van der Waals surface area contributed by atoms with E-state index in [9.17, 15) is 29.1 Å². The number of ether oxygens (including phenoxy) is 2. The highest BCUT2D eigenvalue weighted by atomic mass is 79.9. The number of aromatic nitrogens is 2. The average molecular weight is 1890 g/mol. The van der Waals surface area contributed by atoms with Crippen LogP contribution in [-0.2, 0) is 50.8 Å². The molecule has 1 amide bonds. The van der Waals surface area contributed by atoms with Gasteiger partial charge in [0.1, 0.15) is 32.4 Å². The Bertz CT molecular complexity index is 6280. The van der Waals surface area contributed by atoms with Crippen LogP contribution in [0.2, 0.25) is 18.1 Å². The second-order valence-electron chi connectivity index (χ2n) is 40.0. The third kappa shape index (κ3) is 23.7. The lowest BCUT2D eigenvalue weighted by atomic mass is 9.76. The SMILES string of the molecule is CC(C)(C)OC(=O)Nc1ccc(B2OC(C)(C)C(C)(C)O2)cc1CCO[Si](C)(C)C(C)(C)C.CC(C)(C)OC(=O)n1ccc2cc(B3OC(C)(C)C(C)(C)O3)ccc21.CCN(CC)c1ccc2c(C)c(-c3ccc4[nH]ccc4c3)c(=O)oc2c1.CCN(CC)c1ccc2c(C)c(Br)c(=O)oc2c1.CCN(CC)c1ccc2c(C)c(C(C)(C)c3ccc(N)c(CCO)c3)c(=O)oc2c1. The van der Waals surface area contributed by atoms with Gasteiger partial charge >= 0.3 is 43.3 Å². The Hall–Kier alpha value is -10.2. The quantitative estimate of drug-likeness (QED) is 0.0295. The van der Waals surface area contributed by atoms with Crippen LogP contribution in [-0.4, -0.2) is 135 Å². The molecular formula is C105H140B2BrN7O16Si. The lowest BCUT2D eigenvalue weighted by Gasteiger charge is -2.36. The number of carbonyl (C=O) groups excluding carboxylic acids is 2. The Morgan fingerprint density at radius 2 is 1.01 bits per heavy atom. The fourth-order valence-electron chi connectivity index (χ4n) is 16.0. The Balaban J connectivity index is 0.000000173. The Morgan fingerprint density at radius 1 is 0.530 bits per heavy atom. The zero-order valence-corrected chi connectivity index (χ0v) is 86.1. The van der Waals surface area contributed by atoms with Crippen LogP contribution in [0, 0.1) is 20.8 Å². The summed E-state index contributed by atoms with van der Waals surface area (Å²) in [6, 6.07) is 45.6. The Kier molecular flexibility index (Phi) is 32.5. The maximum absolute atomic E-state index is 13.1. The van der Waals surface area contributed by atoms with Gasteiger partial charge in [-0.25, -0.2) is 24.0 Å². The number of aliphatic hydroxyl groups excluding tert-OH is 1. The predicted molar refractivity (Wildman–Crippen MR) is 549 cm³/mol. The molecule has 2 fully saturated rings. The van der Waals surface area contributed by atoms with Gasteiger partial charge in [0.2, 0.25) is 0 Å². The average Bonchev–Trinajstić information content (AvgIpc) is 1.52. The van der Waals surface area contributed by atoms with Gasteiger partial charge in [0.15, 0.2) is 8.32 Å². The fourth-order valence-corrected chi connectivity index (χ4v) is 17.3. The van der Waals surface area contributed by atoms with Crippen LogP contribution in [0.1, 0.15) is 212 Å². The number of nitrogen functional groups attached to an aromatic ring is 1. The molecule has 0 saturated carbocycles. The molecule has 14 rings (SSSR count). The van der Waals surface area contributed by atoms with Gasteiger partial charge in [-0.1, -0.05) is 77.1 Å². The minimum Gasteiger partial charge on any atom is -0.444 e. The van der Waals surface area contributed by atoms with Crippen LogP contribution < -0.4 is 53.6 Å². The maximum atomic E-state index is 13.1. The molecule has 0 unspecified atom stereocenters. The third-order valence-electron chi connectivity index (χ3n) is 26.2. The van der Waals surface area contributed by atoms with E-state index in [-0.39, 0.29) is 45.8 Å². The third-order valence-corrected chi connectivity index (χ3v) is 31.7. The second kappa shape index (κ2) is 41.3. The molecule has 0 spiro atoms. The number of rotatable bonds is 21. The molecule has 2 aliphatic rings. The molecule has 7 aromatic carbocycles. The van der Waals surface area contributed by atoms with Crippen LogP contribution in [0.3, 0.4) is 0 Å². The van der Waals surface area contributed by atoms with Gasteiger partial charge in [-0.05, 0) is 346 Å². The van der Waals surface area contributed by atoms with Gasteiger partial charge in [-0.15, -0.1) is 0 Å². The fraction of sp³-hybridized carbons (Fsp3) is 0.457. The van der Waals surface area contributed by atoms with E-state index in [4.69, 9.17) is 51.5 Å². The van der Waals surface area contributed by atoms with Crippen molar-refractivity contribution in [2.75, 3.05) is 78.2 Å². The topological polar surface area (TPSA) is 278 Å². The molecule has 5 aromatic heterocycles. The molecule has 7 heterocycles. The van der Waals surface area contributed by atoms with Crippen LogP contribution >= 0.6 is 15.9 Å². The molecule has 132 heavy (non-hydrogen) atoms. The summed E-state index contributed by atoms with van der Waals surface area (Å²) in [4.78, 5) is 72.2. The molecule has 12 aromatic rings. The summed E-state index contributed by atoms with van der Waals surface area (Å²) in [5.74, 6) is 0. The minimum absolute atomic E-state index is 0.0279. The summed E-state index contributed by atoms with van der Waals surface area (Å²) in [5, 5.41) is 17.3. The standard InChI is InChI=1S/C25H44BNO5Si.C25H32N2O3.C22H22N2O2.C19H26BNO4.C14H16BrNO2/c1-22(2,3)30-21(28)27-20-14-13-19(26-31-24(7,8)25(9,10)32-26)17-18(20)15-16-29-33(11,12)23(4,5)6;1-6-27(7-2)19-9-10-20-16(3)23(24(29)30-22(20)15-19)25(4,5)18-8-11-21(26)17(14-18)12-13-28;1-4-24(5-2)17-7-8-18-14(3)21(22(25)26-20(18)13-17)16-6-9-19-15(12-16)10-11-23-19;1-17(2,3)23-16(22)21-11-10-13-12-14(8-9-15(13)21)20-24-18(4,5)19(6,7)25-20;1-4-16(5-2)10-6-7-11-9(3)13(15)14(17)18-12(11)8-10/h13-14,17H,15-16H2,1-12H3,(H,27,28);8-11,14-15,28H,6-7,12-13,26H2,1-5H3;6-13,23H,4-5H2,1-3H3;8-12H,1-7H3;6-8H,4-5H2,1-3H3. The molecular weight excluding hydrogens is 1740 g/mol. The van der Waals surface area contributed by atoms with E-state index < -0.39 is 56.5 Å². The number of nitrogens with one attached hydrogen (secondary N) is 2. The van der Waals surface area contributed by atoms with Crippen molar-refractivity contribution in [3.05, 3.63) is 227 Å². The van der Waals surface area contributed by atoms with Gasteiger partial charge in [-0.3, -0.25) is 9.88 Å². The number of benzene rings is 7. The van der Waals surface area contributed by atoms with Crippen LogP contribution in [0.15, 0.2) is 184 Å². The first-order valence-corrected chi connectivity index (χ1v) is 49.8. The molecule has 0 radical (unpaired) electrons. The lowest BCUT2D eigenvalue weighted by Crippen LogP contribution is -2.41. The Morgan fingerprint density at radius 3 is 1.50 bits per heavy atom. The highest BCUT2D eigenvalue weighted by Crippen LogP contribution is 2.42. The number of carbonyl (C=O) groups is 2. The number of H-pyrrole nitrogens is 1. The smallest absolute Gasteiger partial charge is 0.444 e. The van der Waals surface area contributed by atoms with E-state index in [1.807, 2.05) is 253 Å². The molecule has 27 heteroatoms. The molecule has 0 aliphatic carbocycles. The zero-order chi connectivity index (χ0) is 97.7. The van der Waals surface area contributed by atoms with Crippen molar-refractivity contribution in [1.29, 1.82) is 0 Å². The van der Waals surface area contributed by atoms with Crippen molar-refractivity contribution in [2.45, 2.75) is 264 Å². The van der Waals surface area contributed by atoms with Crippen molar-refractivity contribution in [2.24, 2.45) is 0 Å². The first kappa shape index (κ1) is 104. The van der Waals surface area contributed by atoms with Gasteiger partial charge in [-0.2, -0.15) is 0 Å². The van der Waals surface area contributed by atoms with Gasteiger partial charge in [0.05, 0.1) is 39.0 Å². The molecule has 0 bridgehead atoms. The normalized spacial score (nSPS) is 14.7. The molecule has 23 nitrogen and oxygen atoms in total. The van der Waals surface area contributed by atoms with E-state index in [2.05, 4.69) is 141 Å². The van der Waals surface area contributed by atoms with Crippen molar-refractivity contribution >= 4 is 145 Å². The maximum Gasteiger partial charge on any atom is 0.494 e. The molecule has 708 valence electrons. The number of aryl methyl sites for hydroxylation is 3. The van der Waals surface area contributed by atoms with Crippen molar-refractivity contribution in [3.8, 4) is 11.1 Å². The summed E-state index contributed by atoms with van der Waals surface area (Å²) < 4.78 is 60.9. The van der Waals surface area contributed by atoms with Crippen LogP contribution in [0.4, 0.5) is 38.0 Å². The van der Waals surface area contributed by atoms with Crippen molar-refractivity contribution in [3.63, 3.8) is 0 Å². The molecule has 2 aliphatic heterocycles.